The first-order chi connectivity index (χ1) is 9.58. The van der Waals surface area contributed by atoms with Gasteiger partial charge in [-0.05, 0) is 18.6 Å². The highest BCUT2D eigenvalue weighted by molar-refractivity contribution is 5.85. The Bertz CT molecular complexity index is 448. The molecule has 0 aliphatic carbocycles. The lowest BCUT2D eigenvalue weighted by Crippen LogP contribution is -2.44. The zero-order valence-electron chi connectivity index (χ0n) is 12.9. The van der Waals surface area contributed by atoms with Crippen molar-refractivity contribution in [2.75, 3.05) is 38.6 Å². The lowest BCUT2D eigenvalue weighted by Gasteiger charge is -2.25. The van der Waals surface area contributed by atoms with Crippen LogP contribution in [0.15, 0.2) is 30.3 Å². The van der Waals surface area contributed by atoms with Crippen LogP contribution in [0, 0.1) is 0 Å². The molecule has 0 radical (unpaired) electrons. The van der Waals surface area contributed by atoms with Crippen molar-refractivity contribution in [2.45, 2.75) is 18.6 Å². The maximum Gasteiger partial charge on any atom is 0.239 e. The van der Waals surface area contributed by atoms with Crippen LogP contribution in [0.4, 0.5) is 5.69 Å². The number of anilines is 1. The van der Waals surface area contributed by atoms with Crippen LogP contribution in [-0.4, -0.2) is 61.8 Å². The third-order valence-corrected chi connectivity index (χ3v) is 3.75. The molecule has 0 aromatic heterocycles. The smallest absolute Gasteiger partial charge is 0.239 e. The number of carbonyl (C=O) groups is 1. The fourth-order valence-corrected chi connectivity index (χ4v) is 2.39. The Morgan fingerprint density at radius 2 is 1.86 bits per heavy atom. The summed E-state index contributed by atoms with van der Waals surface area (Å²) in [5, 5.41) is 12.5. The van der Waals surface area contributed by atoms with Crippen molar-refractivity contribution >= 4 is 36.4 Å². The third kappa shape index (κ3) is 5.65. The average molecular weight is 350 g/mol. The van der Waals surface area contributed by atoms with Crippen LogP contribution in [0.25, 0.3) is 0 Å². The van der Waals surface area contributed by atoms with E-state index in [9.17, 15) is 9.90 Å². The molecule has 0 saturated carbocycles. The molecular weight excluding hydrogens is 325 g/mol. The number of likely N-dealkylation sites (N-methyl/N-ethyl adjacent to an activating group) is 2. The SMILES string of the molecule is CN(CCN(C)c1ccccc1)C(=O)C1CC(O)CN1.Cl.Cl. The van der Waals surface area contributed by atoms with Gasteiger partial charge in [0.25, 0.3) is 0 Å². The van der Waals surface area contributed by atoms with Gasteiger partial charge in [0, 0.05) is 39.4 Å². The second kappa shape index (κ2) is 9.90. The Kier molecular flexibility index (Phi) is 9.44. The van der Waals surface area contributed by atoms with E-state index >= 15 is 0 Å². The van der Waals surface area contributed by atoms with Gasteiger partial charge >= 0.3 is 0 Å². The number of nitrogens with zero attached hydrogens (tertiary/aromatic N) is 2. The molecule has 1 aliphatic rings. The van der Waals surface area contributed by atoms with Crippen LogP contribution >= 0.6 is 24.8 Å². The Balaban J connectivity index is 0.00000220. The lowest BCUT2D eigenvalue weighted by molar-refractivity contribution is -0.131. The number of carbonyl (C=O) groups excluding carboxylic acids is 1. The molecule has 1 aliphatic heterocycles. The van der Waals surface area contributed by atoms with Gasteiger partial charge in [-0.2, -0.15) is 0 Å². The van der Waals surface area contributed by atoms with E-state index in [0.29, 0.717) is 19.5 Å². The van der Waals surface area contributed by atoms with Crippen molar-refractivity contribution in [1.29, 1.82) is 0 Å². The summed E-state index contributed by atoms with van der Waals surface area (Å²) in [6.45, 7) is 1.95. The molecular formula is C15H25Cl2N3O2. The molecule has 126 valence electrons. The van der Waals surface area contributed by atoms with Crippen LogP contribution in [0.3, 0.4) is 0 Å². The van der Waals surface area contributed by atoms with Gasteiger partial charge < -0.3 is 20.2 Å². The lowest BCUT2D eigenvalue weighted by atomic mass is 10.2. The average Bonchev–Trinajstić information content (AvgIpc) is 2.91. The van der Waals surface area contributed by atoms with Gasteiger partial charge in [-0.15, -0.1) is 24.8 Å². The molecule has 0 spiro atoms. The highest BCUT2D eigenvalue weighted by atomic mass is 35.5. The number of benzene rings is 1. The number of para-hydroxylation sites is 1. The van der Waals surface area contributed by atoms with E-state index in [1.165, 1.54) is 0 Å². The first-order valence-electron chi connectivity index (χ1n) is 7.00. The molecule has 1 heterocycles. The molecule has 1 aromatic rings. The molecule has 2 atom stereocenters. The molecule has 1 amide bonds. The Morgan fingerprint density at radius 1 is 1.23 bits per heavy atom. The van der Waals surface area contributed by atoms with Gasteiger partial charge in [0.2, 0.25) is 5.91 Å². The van der Waals surface area contributed by atoms with Crippen molar-refractivity contribution in [2.24, 2.45) is 0 Å². The van der Waals surface area contributed by atoms with E-state index in [-0.39, 0.29) is 36.8 Å². The fourth-order valence-electron chi connectivity index (χ4n) is 2.39. The minimum absolute atomic E-state index is 0. The molecule has 0 bridgehead atoms. The number of hydrogen-bond donors (Lipinski definition) is 2. The zero-order valence-corrected chi connectivity index (χ0v) is 14.6. The van der Waals surface area contributed by atoms with Gasteiger partial charge in [0.15, 0.2) is 0 Å². The molecule has 22 heavy (non-hydrogen) atoms. The molecule has 7 heteroatoms. The van der Waals surface area contributed by atoms with Crippen LogP contribution in [-0.2, 0) is 4.79 Å². The normalized spacial score (nSPS) is 19.8. The topological polar surface area (TPSA) is 55.8 Å². The third-order valence-electron chi connectivity index (χ3n) is 3.75. The summed E-state index contributed by atoms with van der Waals surface area (Å²) in [4.78, 5) is 16.0. The summed E-state index contributed by atoms with van der Waals surface area (Å²) < 4.78 is 0. The Labute approximate surface area is 144 Å². The Morgan fingerprint density at radius 3 is 2.41 bits per heavy atom. The molecule has 1 saturated heterocycles. The number of aliphatic hydroxyl groups is 1. The first-order valence-corrected chi connectivity index (χ1v) is 7.00. The summed E-state index contributed by atoms with van der Waals surface area (Å²) in [7, 11) is 3.83. The number of halogens is 2. The van der Waals surface area contributed by atoms with E-state index in [2.05, 4.69) is 22.3 Å². The summed E-state index contributed by atoms with van der Waals surface area (Å²) in [6, 6.07) is 9.86. The standard InChI is InChI=1S/C15H23N3O2.2ClH/c1-17(12-6-4-3-5-7-12)8-9-18(2)15(20)14-10-13(19)11-16-14;;/h3-7,13-14,16,19H,8-11H2,1-2H3;2*1H. The van der Waals surface area contributed by atoms with Crippen molar-refractivity contribution in [3.05, 3.63) is 30.3 Å². The van der Waals surface area contributed by atoms with Crippen molar-refractivity contribution in [3.8, 4) is 0 Å². The number of nitrogens with one attached hydrogen (secondary N) is 1. The first kappa shape index (κ1) is 21.0. The number of aliphatic hydroxyl groups excluding tert-OH is 1. The maximum absolute atomic E-state index is 12.2. The fraction of sp³-hybridized carbons (Fsp3) is 0.533. The van der Waals surface area contributed by atoms with Crippen molar-refractivity contribution < 1.29 is 9.90 Å². The number of amides is 1. The van der Waals surface area contributed by atoms with E-state index < -0.39 is 6.10 Å². The van der Waals surface area contributed by atoms with E-state index in [0.717, 1.165) is 12.2 Å². The predicted molar refractivity (Wildman–Crippen MR) is 94.3 cm³/mol. The molecule has 1 fully saturated rings. The summed E-state index contributed by atoms with van der Waals surface area (Å²) in [5.74, 6) is 0.0583. The number of β-amino-alcohol motifs (C(OH)–C–C–N with tert-alkyl or cyclic N) is 1. The van der Waals surface area contributed by atoms with Crippen molar-refractivity contribution in [3.63, 3.8) is 0 Å². The van der Waals surface area contributed by atoms with Gasteiger partial charge in [-0.1, -0.05) is 18.2 Å². The number of rotatable bonds is 5. The van der Waals surface area contributed by atoms with Crippen LogP contribution in [0.5, 0.6) is 0 Å². The van der Waals surface area contributed by atoms with Gasteiger partial charge in [-0.3, -0.25) is 4.79 Å². The van der Waals surface area contributed by atoms with Crippen molar-refractivity contribution in [1.82, 2.24) is 10.2 Å². The minimum atomic E-state index is -0.399. The van der Waals surface area contributed by atoms with Crippen LogP contribution < -0.4 is 10.2 Å². The Hall–Kier alpha value is -1.01. The molecule has 2 rings (SSSR count). The van der Waals surface area contributed by atoms with Gasteiger partial charge in [0.1, 0.15) is 0 Å². The summed E-state index contributed by atoms with van der Waals surface area (Å²) >= 11 is 0. The summed E-state index contributed by atoms with van der Waals surface area (Å²) in [5.41, 5.74) is 1.14. The monoisotopic (exact) mass is 349 g/mol. The second-order valence-electron chi connectivity index (χ2n) is 5.37. The molecule has 2 unspecified atom stereocenters. The van der Waals surface area contributed by atoms with Crippen LogP contribution in [0.2, 0.25) is 0 Å². The highest BCUT2D eigenvalue weighted by Gasteiger charge is 2.29. The number of hydrogen-bond acceptors (Lipinski definition) is 4. The molecule has 2 N–H and O–H groups in total. The maximum atomic E-state index is 12.2. The minimum Gasteiger partial charge on any atom is -0.392 e. The van der Waals surface area contributed by atoms with E-state index in [4.69, 9.17) is 0 Å². The summed E-state index contributed by atoms with van der Waals surface area (Å²) in [6.07, 6.45) is 0.113. The van der Waals surface area contributed by atoms with E-state index in [1.54, 1.807) is 4.90 Å². The van der Waals surface area contributed by atoms with E-state index in [1.807, 2.05) is 32.3 Å². The van der Waals surface area contributed by atoms with Crippen LogP contribution in [0.1, 0.15) is 6.42 Å². The zero-order chi connectivity index (χ0) is 14.5. The second-order valence-corrected chi connectivity index (χ2v) is 5.37. The molecule has 1 aromatic carbocycles. The largest absolute Gasteiger partial charge is 0.392 e. The predicted octanol–water partition coefficient (Wildman–Crippen LogP) is 1.15. The van der Waals surface area contributed by atoms with Gasteiger partial charge in [-0.25, -0.2) is 0 Å². The van der Waals surface area contributed by atoms with Gasteiger partial charge in [0.05, 0.1) is 12.1 Å². The molecule has 5 nitrogen and oxygen atoms in total. The highest BCUT2D eigenvalue weighted by Crippen LogP contribution is 2.11. The quantitative estimate of drug-likeness (QED) is 0.837.